The summed E-state index contributed by atoms with van der Waals surface area (Å²) in [6.45, 7) is 0. The number of anilines is 1. The lowest BCUT2D eigenvalue weighted by molar-refractivity contribution is 0.102. The molecule has 0 saturated heterocycles. The highest BCUT2D eigenvalue weighted by atomic mass is 32.2. The van der Waals surface area contributed by atoms with Crippen LogP contribution in [0.25, 0.3) is 21.9 Å². The lowest BCUT2D eigenvalue weighted by Crippen LogP contribution is -2.14. The first-order valence-corrected chi connectivity index (χ1v) is 10.8. The predicted molar refractivity (Wildman–Crippen MR) is 123 cm³/mol. The number of para-hydroxylation sites is 1. The van der Waals surface area contributed by atoms with Gasteiger partial charge in [0.1, 0.15) is 0 Å². The van der Waals surface area contributed by atoms with Gasteiger partial charge in [0.2, 0.25) is 0 Å². The van der Waals surface area contributed by atoms with Gasteiger partial charge in [-0.15, -0.1) is 4.09 Å². The van der Waals surface area contributed by atoms with Gasteiger partial charge in [0, 0.05) is 16.8 Å². The van der Waals surface area contributed by atoms with Crippen LogP contribution in [0, 0.1) is 0 Å². The van der Waals surface area contributed by atoms with Gasteiger partial charge in [0.15, 0.2) is 0 Å². The van der Waals surface area contributed by atoms with Crippen molar-refractivity contribution in [3.63, 3.8) is 0 Å². The number of benzene rings is 3. The maximum atomic E-state index is 12.9. The van der Waals surface area contributed by atoms with E-state index in [4.69, 9.17) is 5.84 Å². The van der Waals surface area contributed by atoms with Crippen molar-refractivity contribution in [2.24, 2.45) is 10.9 Å². The fraction of sp³-hybridized carbons (Fsp3) is 0.0455. The maximum absolute atomic E-state index is 12.9. The molecule has 1 aromatic heterocycles. The number of nitrogens with two attached hydrogens (primary N) is 1. The molecule has 0 unspecified atom stereocenters. The maximum Gasteiger partial charge on any atom is 0.381 e. The number of rotatable bonds is 6. The second-order valence-electron chi connectivity index (χ2n) is 6.83. The molecule has 4 rings (SSSR count). The molecule has 0 radical (unpaired) electrons. The molecular formula is C22H19N5O4S. The third-order valence-corrected chi connectivity index (χ3v) is 5.89. The SMILES string of the molecule is COS(=O)(=O)n1cc(-c2cc(C(=O)Nc3ccccc3)cc3ccc(C=NN)cc23)cn1. The molecule has 0 aliphatic carbocycles. The Bertz CT molecular complexity index is 1430. The minimum absolute atomic E-state index is 0.302. The number of aromatic nitrogens is 2. The first-order chi connectivity index (χ1) is 15.4. The minimum Gasteiger partial charge on any atom is -0.323 e. The molecule has 1 heterocycles. The number of carbonyl (C=O) groups is 1. The Kier molecular flexibility index (Phi) is 5.71. The molecule has 3 aromatic carbocycles. The van der Waals surface area contributed by atoms with Gasteiger partial charge in [0.05, 0.1) is 25.7 Å². The molecule has 10 heteroatoms. The van der Waals surface area contributed by atoms with E-state index in [9.17, 15) is 13.2 Å². The van der Waals surface area contributed by atoms with E-state index in [0.29, 0.717) is 22.4 Å². The molecule has 1 amide bonds. The first kappa shape index (κ1) is 21.2. The molecule has 32 heavy (non-hydrogen) atoms. The molecule has 0 bridgehead atoms. The van der Waals surface area contributed by atoms with Crippen LogP contribution in [0.3, 0.4) is 0 Å². The second kappa shape index (κ2) is 8.61. The molecule has 0 aliphatic rings. The van der Waals surface area contributed by atoms with Crippen molar-refractivity contribution < 1.29 is 17.4 Å². The van der Waals surface area contributed by atoms with Gasteiger partial charge in [0.25, 0.3) is 5.91 Å². The zero-order valence-electron chi connectivity index (χ0n) is 17.0. The average Bonchev–Trinajstić information content (AvgIpc) is 3.30. The monoisotopic (exact) mass is 449 g/mol. The Morgan fingerprint density at radius 2 is 1.94 bits per heavy atom. The Morgan fingerprint density at radius 1 is 1.16 bits per heavy atom. The van der Waals surface area contributed by atoms with E-state index in [1.165, 1.54) is 18.6 Å². The van der Waals surface area contributed by atoms with Gasteiger partial charge >= 0.3 is 10.3 Å². The third-order valence-electron chi connectivity index (χ3n) is 4.81. The second-order valence-corrected chi connectivity index (χ2v) is 8.39. The molecule has 4 aromatic rings. The molecule has 0 aliphatic heterocycles. The summed E-state index contributed by atoms with van der Waals surface area (Å²) >= 11 is 0. The van der Waals surface area contributed by atoms with E-state index >= 15 is 0 Å². The average molecular weight is 449 g/mol. The van der Waals surface area contributed by atoms with Crippen LogP contribution in [0.1, 0.15) is 15.9 Å². The molecule has 3 N–H and O–H groups in total. The number of hydrogen-bond donors (Lipinski definition) is 2. The summed E-state index contributed by atoms with van der Waals surface area (Å²) in [4.78, 5) is 12.9. The highest BCUT2D eigenvalue weighted by Crippen LogP contribution is 2.31. The van der Waals surface area contributed by atoms with Gasteiger partial charge < -0.3 is 11.2 Å². The summed E-state index contributed by atoms with van der Waals surface area (Å²) in [6.07, 6.45) is 4.22. The van der Waals surface area contributed by atoms with E-state index in [2.05, 4.69) is 19.7 Å². The van der Waals surface area contributed by atoms with E-state index in [1.54, 1.807) is 24.3 Å². The zero-order chi connectivity index (χ0) is 22.7. The van der Waals surface area contributed by atoms with Gasteiger partial charge in [-0.25, -0.2) is 0 Å². The van der Waals surface area contributed by atoms with Crippen molar-refractivity contribution in [2.75, 3.05) is 12.4 Å². The van der Waals surface area contributed by atoms with Crippen LogP contribution >= 0.6 is 0 Å². The van der Waals surface area contributed by atoms with Gasteiger partial charge in [-0.2, -0.15) is 18.6 Å². The van der Waals surface area contributed by atoms with Gasteiger partial charge in [-0.3, -0.25) is 8.98 Å². The van der Waals surface area contributed by atoms with Crippen LogP contribution in [0.5, 0.6) is 0 Å². The molecule has 0 saturated carbocycles. The lowest BCUT2D eigenvalue weighted by atomic mass is 9.95. The Morgan fingerprint density at radius 3 is 2.66 bits per heavy atom. The summed E-state index contributed by atoms with van der Waals surface area (Å²) < 4.78 is 29.3. The van der Waals surface area contributed by atoms with E-state index < -0.39 is 10.3 Å². The summed E-state index contributed by atoms with van der Waals surface area (Å²) in [5.74, 6) is 4.98. The number of hydrazone groups is 1. The topological polar surface area (TPSA) is 129 Å². The highest BCUT2D eigenvalue weighted by molar-refractivity contribution is 7.85. The van der Waals surface area contributed by atoms with Crippen LogP contribution in [-0.2, 0) is 14.5 Å². The minimum atomic E-state index is -4.03. The number of amides is 1. The van der Waals surface area contributed by atoms with Crippen LogP contribution in [0.2, 0.25) is 0 Å². The Labute approximate surface area is 184 Å². The first-order valence-electron chi connectivity index (χ1n) is 9.45. The van der Waals surface area contributed by atoms with Gasteiger partial charge in [-0.1, -0.05) is 30.3 Å². The Balaban J connectivity index is 1.86. The summed E-state index contributed by atoms with van der Waals surface area (Å²) in [7, 11) is -2.98. The van der Waals surface area contributed by atoms with Crippen molar-refractivity contribution in [1.82, 2.24) is 9.19 Å². The number of carbonyl (C=O) groups excluding carboxylic acids is 1. The molecule has 0 atom stereocenters. The number of nitrogens with zero attached hydrogens (tertiary/aromatic N) is 3. The van der Waals surface area contributed by atoms with Crippen LogP contribution < -0.4 is 11.2 Å². The van der Waals surface area contributed by atoms with E-state index in [-0.39, 0.29) is 5.91 Å². The Hall–Kier alpha value is -4.02. The summed E-state index contributed by atoms with van der Waals surface area (Å²) in [5.41, 5.74) is 2.92. The quantitative estimate of drug-likeness (QED) is 0.265. The normalized spacial score (nSPS) is 11.8. The highest BCUT2D eigenvalue weighted by Gasteiger charge is 2.17. The number of hydrogen-bond acceptors (Lipinski definition) is 7. The summed E-state index contributed by atoms with van der Waals surface area (Å²) in [6, 6.07) is 18.0. The number of nitrogens with one attached hydrogen (secondary N) is 1. The van der Waals surface area contributed by atoms with Gasteiger partial charge in [-0.05, 0) is 52.2 Å². The van der Waals surface area contributed by atoms with Crippen molar-refractivity contribution in [3.05, 3.63) is 84.2 Å². The predicted octanol–water partition coefficient (Wildman–Crippen LogP) is 2.99. The lowest BCUT2D eigenvalue weighted by Gasteiger charge is -2.11. The summed E-state index contributed by atoms with van der Waals surface area (Å²) in [5, 5.41) is 11.9. The molecule has 9 nitrogen and oxygen atoms in total. The van der Waals surface area contributed by atoms with Crippen LogP contribution in [0.15, 0.2) is 78.2 Å². The van der Waals surface area contributed by atoms with Crippen molar-refractivity contribution >= 4 is 38.9 Å². The molecule has 0 fully saturated rings. The fourth-order valence-corrected chi connectivity index (χ4v) is 3.84. The third kappa shape index (κ3) is 4.22. The standard InChI is InChI=1S/C22H19N5O4S/c1-31-32(29,30)27-14-18(13-25-27)21-11-17(22(28)26-19-5-3-2-4-6-19)10-16-8-7-15(12-24-23)9-20(16)21/h2-14H,23H2,1H3,(H,26,28). The molecule has 0 spiro atoms. The largest absolute Gasteiger partial charge is 0.381 e. The smallest absolute Gasteiger partial charge is 0.323 e. The fourth-order valence-electron chi connectivity index (χ4n) is 3.28. The van der Waals surface area contributed by atoms with E-state index in [0.717, 1.165) is 27.5 Å². The van der Waals surface area contributed by atoms with Crippen LogP contribution in [0.4, 0.5) is 5.69 Å². The molecular weight excluding hydrogens is 430 g/mol. The van der Waals surface area contributed by atoms with E-state index in [1.807, 2.05) is 36.4 Å². The molecule has 162 valence electrons. The van der Waals surface area contributed by atoms with Crippen LogP contribution in [-0.4, -0.2) is 36.8 Å². The van der Waals surface area contributed by atoms with Crippen molar-refractivity contribution in [3.8, 4) is 11.1 Å². The zero-order valence-corrected chi connectivity index (χ0v) is 17.8. The number of fused-ring (bicyclic) bond motifs is 1. The van der Waals surface area contributed by atoms with Crippen molar-refractivity contribution in [1.29, 1.82) is 0 Å². The van der Waals surface area contributed by atoms with Crippen molar-refractivity contribution in [2.45, 2.75) is 0 Å².